The molecule has 7 nitrogen and oxygen atoms in total. The molecule has 4 aromatic rings. The van der Waals surface area contributed by atoms with Crippen LogP contribution < -0.4 is 10.1 Å². The van der Waals surface area contributed by atoms with E-state index in [-0.39, 0.29) is 5.78 Å². The molecule has 0 bridgehead atoms. The number of benzene rings is 2. The highest BCUT2D eigenvalue weighted by Gasteiger charge is 2.13. The maximum Gasteiger partial charge on any atom is 0.163 e. The van der Waals surface area contributed by atoms with E-state index in [4.69, 9.17) is 4.74 Å². The number of carbonyl (C=O) groups excluding carboxylic acids is 1. The Kier molecular flexibility index (Phi) is 4.49. The van der Waals surface area contributed by atoms with Crippen molar-refractivity contribution in [3.8, 4) is 11.5 Å². The standard InChI is InChI=1S/C21H19N5O2/c1-13-5-4-6-16(14(2)27)20(13)28-15-7-8-18-17(11-15)21(23-12-22-18)24-19-9-10-26(3)25-19/h4-12H,1-3H3,(H,22,23,24,25). The molecule has 7 heteroatoms. The van der Waals surface area contributed by atoms with Crippen LogP contribution in [0.2, 0.25) is 0 Å². The molecule has 0 aliphatic rings. The quantitative estimate of drug-likeness (QED) is 0.522. The van der Waals surface area contributed by atoms with Gasteiger partial charge in [-0.05, 0) is 43.7 Å². The fourth-order valence-electron chi connectivity index (χ4n) is 2.98. The van der Waals surface area contributed by atoms with Gasteiger partial charge in [0.15, 0.2) is 11.6 Å². The maximum absolute atomic E-state index is 12.0. The van der Waals surface area contributed by atoms with Crippen LogP contribution in [-0.4, -0.2) is 25.5 Å². The van der Waals surface area contributed by atoms with Crippen LogP contribution in [0.3, 0.4) is 0 Å². The molecule has 1 N–H and O–H groups in total. The Bertz CT molecular complexity index is 1180. The molecule has 0 spiro atoms. The van der Waals surface area contributed by atoms with Crippen molar-refractivity contribution in [1.82, 2.24) is 19.7 Å². The lowest BCUT2D eigenvalue weighted by Crippen LogP contribution is -2.00. The van der Waals surface area contributed by atoms with Crippen LogP contribution in [0.4, 0.5) is 11.6 Å². The summed E-state index contributed by atoms with van der Waals surface area (Å²) < 4.78 is 7.81. The lowest BCUT2D eigenvalue weighted by molar-refractivity contribution is 0.101. The largest absolute Gasteiger partial charge is 0.456 e. The van der Waals surface area contributed by atoms with Gasteiger partial charge in [0.05, 0.1) is 11.1 Å². The SMILES string of the molecule is CC(=O)c1cccc(C)c1Oc1ccc2ncnc(Nc3ccn(C)n3)c2c1. The van der Waals surface area contributed by atoms with E-state index in [2.05, 4.69) is 20.4 Å². The van der Waals surface area contributed by atoms with Crippen LogP contribution in [0.5, 0.6) is 11.5 Å². The number of hydrogen-bond donors (Lipinski definition) is 1. The highest BCUT2D eigenvalue weighted by Crippen LogP contribution is 2.32. The van der Waals surface area contributed by atoms with Gasteiger partial charge in [0.2, 0.25) is 0 Å². The predicted octanol–water partition coefficient (Wildman–Crippen LogP) is 4.41. The average Bonchev–Trinajstić information content (AvgIpc) is 3.08. The van der Waals surface area contributed by atoms with E-state index in [0.717, 1.165) is 16.5 Å². The Labute approximate surface area is 162 Å². The van der Waals surface area contributed by atoms with E-state index >= 15 is 0 Å². The van der Waals surface area contributed by atoms with Crippen LogP contribution in [0.25, 0.3) is 10.9 Å². The molecule has 0 fully saturated rings. The van der Waals surface area contributed by atoms with Gasteiger partial charge in [0.25, 0.3) is 0 Å². The molecule has 140 valence electrons. The van der Waals surface area contributed by atoms with Gasteiger partial charge in [0.1, 0.15) is 23.6 Å². The molecule has 2 aromatic heterocycles. The Balaban J connectivity index is 1.74. The third kappa shape index (κ3) is 3.42. The topological polar surface area (TPSA) is 81.9 Å². The first-order valence-corrected chi connectivity index (χ1v) is 8.81. The molecule has 4 rings (SSSR count). The van der Waals surface area contributed by atoms with E-state index < -0.39 is 0 Å². The summed E-state index contributed by atoms with van der Waals surface area (Å²) in [5.41, 5.74) is 2.22. The van der Waals surface area contributed by atoms with Crippen LogP contribution in [0.1, 0.15) is 22.8 Å². The molecule has 0 unspecified atom stereocenters. The Morgan fingerprint density at radius 2 is 2.00 bits per heavy atom. The highest BCUT2D eigenvalue weighted by molar-refractivity contribution is 5.97. The van der Waals surface area contributed by atoms with Crippen LogP contribution in [0, 0.1) is 6.92 Å². The molecule has 0 amide bonds. The molecule has 0 aliphatic carbocycles. The molecule has 0 aliphatic heterocycles. The normalized spacial score (nSPS) is 10.8. The summed E-state index contributed by atoms with van der Waals surface area (Å²) in [7, 11) is 1.85. The first-order valence-electron chi connectivity index (χ1n) is 8.81. The number of para-hydroxylation sites is 1. The number of Topliss-reactive ketones (excluding diaryl/α,β-unsaturated/α-hetero) is 1. The number of rotatable bonds is 5. The second-order valence-corrected chi connectivity index (χ2v) is 6.51. The maximum atomic E-state index is 12.0. The number of aryl methyl sites for hydroxylation is 2. The van der Waals surface area contributed by atoms with Gasteiger partial charge in [-0.3, -0.25) is 9.48 Å². The number of nitrogens with one attached hydrogen (secondary N) is 1. The van der Waals surface area contributed by atoms with Gasteiger partial charge >= 0.3 is 0 Å². The van der Waals surface area contributed by atoms with Crippen LogP contribution in [-0.2, 0) is 7.05 Å². The average molecular weight is 373 g/mol. The Morgan fingerprint density at radius 3 is 2.75 bits per heavy atom. The number of hydrogen-bond acceptors (Lipinski definition) is 6. The van der Waals surface area contributed by atoms with Gasteiger partial charge < -0.3 is 10.1 Å². The second kappa shape index (κ2) is 7.11. The molecule has 0 radical (unpaired) electrons. The summed E-state index contributed by atoms with van der Waals surface area (Å²) in [6.45, 7) is 3.45. The van der Waals surface area contributed by atoms with E-state index in [1.807, 2.05) is 56.6 Å². The van der Waals surface area contributed by atoms with Crippen molar-refractivity contribution >= 4 is 28.3 Å². The number of nitrogens with zero attached hydrogens (tertiary/aromatic N) is 4. The molecule has 0 saturated heterocycles. The Morgan fingerprint density at radius 1 is 1.14 bits per heavy atom. The zero-order chi connectivity index (χ0) is 19.7. The van der Waals surface area contributed by atoms with Crippen molar-refractivity contribution in [2.75, 3.05) is 5.32 Å². The molecule has 0 atom stereocenters. The first-order chi connectivity index (χ1) is 13.5. The lowest BCUT2D eigenvalue weighted by atomic mass is 10.1. The molecule has 2 aromatic carbocycles. The van der Waals surface area contributed by atoms with Gasteiger partial charge in [-0.25, -0.2) is 9.97 Å². The minimum atomic E-state index is -0.0414. The van der Waals surface area contributed by atoms with Crippen LogP contribution >= 0.6 is 0 Å². The fourth-order valence-corrected chi connectivity index (χ4v) is 2.98. The minimum Gasteiger partial charge on any atom is -0.456 e. The smallest absolute Gasteiger partial charge is 0.163 e. The van der Waals surface area contributed by atoms with E-state index in [1.165, 1.54) is 13.3 Å². The monoisotopic (exact) mass is 373 g/mol. The highest BCUT2D eigenvalue weighted by atomic mass is 16.5. The van der Waals surface area contributed by atoms with Crippen molar-refractivity contribution in [2.24, 2.45) is 7.05 Å². The number of carbonyl (C=O) groups is 1. The molecular weight excluding hydrogens is 354 g/mol. The number of ether oxygens (including phenoxy) is 1. The predicted molar refractivity (Wildman–Crippen MR) is 107 cm³/mol. The van der Waals surface area contributed by atoms with Crippen molar-refractivity contribution in [3.63, 3.8) is 0 Å². The summed E-state index contributed by atoms with van der Waals surface area (Å²) in [4.78, 5) is 20.6. The summed E-state index contributed by atoms with van der Waals surface area (Å²) in [6, 6.07) is 12.9. The summed E-state index contributed by atoms with van der Waals surface area (Å²) in [5, 5.41) is 8.32. The van der Waals surface area contributed by atoms with E-state index in [9.17, 15) is 4.79 Å². The van der Waals surface area contributed by atoms with Gasteiger partial charge in [-0.1, -0.05) is 12.1 Å². The van der Waals surface area contributed by atoms with Gasteiger partial charge in [-0.2, -0.15) is 5.10 Å². The summed E-state index contributed by atoms with van der Waals surface area (Å²) in [6.07, 6.45) is 3.35. The minimum absolute atomic E-state index is 0.0414. The van der Waals surface area contributed by atoms with Gasteiger partial charge in [0, 0.05) is 24.7 Å². The van der Waals surface area contributed by atoms with Gasteiger partial charge in [-0.15, -0.1) is 0 Å². The molecule has 2 heterocycles. The Hall–Kier alpha value is -3.74. The van der Waals surface area contributed by atoms with E-state index in [0.29, 0.717) is 28.7 Å². The molecular formula is C21H19N5O2. The third-order valence-corrected chi connectivity index (χ3v) is 4.38. The van der Waals surface area contributed by atoms with Crippen molar-refractivity contribution in [1.29, 1.82) is 0 Å². The van der Waals surface area contributed by atoms with Crippen molar-refractivity contribution < 1.29 is 9.53 Å². The number of aromatic nitrogens is 4. The third-order valence-electron chi connectivity index (χ3n) is 4.38. The summed E-state index contributed by atoms with van der Waals surface area (Å²) in [5.74, 6) is 2.44. The first kappa shape index (κ1) is 17.7. The van der Waals surface area contributed by atoms with Crippen molar-refractivity contribution in [3.05, 3.63) is 66.1 Å². The van der Waals surface area contributed by atoms with Crippen LogP contribution in [0.15, 0.2) is 55.0 Å². The lowest BCUT2D eigenvalue weighted by Gasteiger charge is -2.13. The molecule has 0 saturated carbocycles. The number of anilines is 2. The zero-order valence-electron chi connectivity index (χ0n) is 15.8. The fraction of sp³-hybridized carbons (Fsp3) is 0.143. The second-order valence-electron chi connectivity index (χ2n) is 6.51. The van der Waals surface area contributed by atoms with Crippen molar-refractivity contribution in [2.45, 2.75) is 13.8 Å². The number of fused-ring (bicyclic) bond motifs is 1. The number of ketones is 1. The van der Waals surface area contributed by atoms with E-state index in [1.54, 1.807) is 10.7 Å². The summed E-state index contributed by atoms with van der Waals surface area (Å²) >= 11 is 0. The zero-order valence-corrected chi connectivity index (χ0v) is 15.8. The molecule has 28 heavy (non-hydrogen) atoms.